The van der Waals surface area contributed by atoms with Crippen molar-refractivity contribution in [3.05, 3.63) is 125 Å². The van der Waals surface area contributed by atoms with E-state index in [2.05, 4.69) is 26.2 Å². The second-order valence-corrected chi connectivity index (χ2v) is 11.2. The number of thiazole rings is 1. The normalized spacial score (nSPS) is 15.2. The minimum Gasteiger partial charge on any atom is -0.490 e. The number of anilines is 1. The fourth-order valence-corrected chi connectivity index (χ4v) is 5.84. The standard InChI is InChI=1S/C30H25BrFN3O3S/c1-17(2)38-24-14-11-21(31)15-20(24)16-25-29(37)35-27(19-9-12-22(32)13-10-19)26(18(3)33-30(35)39-25)28(36)34-23-7-5-4-6-8-23/h4-17,27H,1-3H3,(H,34,36)/b25-16+/t27-/m1/s1. The zero-order valence-electron chi connectivity index (χ0n) is 21.4. The Bertz CT molecular complexity index is 1760. The summed E-state index contributed by atoms with van der Waals surface area (Å²) in [4.78, 5) is 32.6. The number of nitrogens with zero attached hydrogens (tertiary/aromatic N) is 2. The molecule has 0 saturated carbocycles. The zero-order chi connectivity index (χ0) is 27.7. The number of para-hydroxylation sites is 1. The fourth-order valence-electron chi connectivity index (χ4n) is 4.43. The van der Waals surface area contributed by atoms with Gasteiger partial charge >= 0.3 is 0 Å². The molecule has 1 N–H and O–H groups in total. The highest BCUT2D eigenvalue weighted by atomic mass is 79.9. The Morgan fingerprint density at radius 2 is 1.85 bits per heavy atom. The Labute approximate surface area is 236 Å². The quantitative estimate of drug-likeness (QED) is 0.313. The first-order valence-corrected chi connectivity index (χ1v) is 13.9. The van der Waals surface area contributed by atoms with Crippen LogP contribution in [0.15, 0.2) is 98.3 Å². The highest BCUT2D eigenvalue weighted by Crippen LogP contribution is 2.31. The number of hydrogen-bond donors (Lipinski definition) is 1. The average molecular weight is 607 g/mol. The number of benzene rings is 3. The van der Waals surface area contributed by atoms with Gasteiger partial charge in [-0.3, -0.25) is 14.2 Å². The first-order valence-electron chi connectivity index (χ1n) is 12.3. The minimum atomic E-state index is -0.790. The predicted molar refractivity (Wildman–Crippen MR) is 155 cm³/mol. The van der Waals surface area contributed by atoms with Crippen LogP contribution in [-0.2, 0) is 4.79 Å². The summed E-state index contributed by atoms with van der Waals surface area (Å²) in [6.45, 7) is 5.62. The van der Waals surface area contributed by atoms with E-state index in [-0.39, 0.29) is 17.6 Å². The predicted octanol–water partition coefficient (Wildman–Crippen LogP) is 5.56. The van der Waals surface area contributed by atoms with Crippen LogP contribution in [-0.4, -0.2) is 16.6 Å². The molecule has 5 rings (SSSR count). The lowest BCUT2D eigenvalue weighted by Crippen LogP contribution is -2.40. The molecule has 3 aromatic carbocycles. The van der Waals surface area contributed by atoms with Crippen molar-refractivity contribution in [2.24, 2.45) is 4.99 Å². The molecule has 2 heterocycles. The molecule has 0 fully saturated rings. The highest BCUT2D eigenvalue weighted by molar-refractivity contribution is 9.10. The molecule has 0 spiro atoms. The van der Waals surface area contributed by atoms with Crippen molar-refractivity contribution in [1.82, 2.24) is 4.57 Å². The van der Waals surface area contributed by atoms with E-state index >= 15 is 0 Å². The minimum absolute atomic E-state index is 0.0497. The van der Waals surface area contributed by atoms with Crippen molar-refractivity contribution in [3.8, 4) is 5.75 Å². The number of allylic oxidation sites excluding steroid dienone is 1. The summed E-state index contributed by atoms with van der Waals surface area (Å²) < 4.78 is 22.6. The third-order valence-corrected chi connectivity index (χ3v) is 7.58. The number of ether oxygens (including phenoxy) is 1. The monoisotopic (exact) mass is 605 g/mol. The lowest BCUT2D eigenvalue weighted by molar-refractivity contribution is -0.113. The molecule has 0 unspecified atom stereocenters. The molecular weight excluding hydrogens is 581 g/mol. The van der Waals surface area contributed by atoms with Gasteiger partial charge in [0.25, 0.3) is 11.5 Å². The van der Waals surface area contributed by atoms with Gasteiger partial charge in [0.2, 0.25) is 0 Å². The maximum absolute atomic E-state index is 13.9. The molecule has 1 aliphatic rings. The number of halogens is 2. The third-order valence-electron chi connectivity index (χ3n) is 6.10. The van der Waals surface area contributed by atoms with Crippen LogP contribution in [0.2, 0.25) is 0 Å². The molecule has 198 valence electrons. The molecule has 0 saturated heterocycles. The van der Waals surface area contributed by atoms with Crippen LogP contribution < -0.4 is 24.9 Å². The molecule has 4 aromatic rings. The molecule has 1 aromatic heterocycles. The van der Waals surface area contributed by atoms with Crippen LogP contribution in [0.1, 0.15) is 37.9 Å². The molecule has 0 radical (unpaired) electrons. The number of fused-ring (bicyclic) bond motifs is 1. The van der Waals surface area contributed by atoms with Gasteiger partial charge in [-0.25, -0.2) is 9.38 Å². The Balaban J connectivity index is 1.68. The lowest BCUT2D eigenvalue weighted by atomic mass is 9.95. The first-order chi connectivity index (χ1) is 18.7. The van der Waals surface area contributed by atoms with Crippen molar-refractivity contribution in [3.63, 3.8) is 0 Å². The largest absolute Gasteiger partial charge is 0.490 e. The van der Waals surface area contributed by atoms with Crippen molar-refractivity contribution >= 4 is 44.9 Å². The van der Waals surface area contributed by atoms with E-state index in [1.165, 1.54) is 28.0 Å². The number of nitrogens with one attached hydrogen (secondary N) is 1. The molecule has 9 heteroatoms. The summed E-state index contributed by atoms with van der Waals surface area (Å²) in [6.07, 6.45) is 1.73. The van der Waals surface area contributed by atoms with Gasteiger partial charge in [0.15, 0.2) is 4.80 Å². The number of hydrogen-bond acceptors (Lipinski definition) is 5. The van der Waals surface area contributed by atoms with Gasteiger partial charge in [0.05, 0.1) is 27.9 Å². The summed E-state index contributed by atoms with van der Waals surface area (Å²) in [5.74, 6) is -0.145. The first kappa shape index (κ1) is 26.8. The van der Waals surface area contributed by atoms with E-state index in [0.717, 1.165) is 10.0 Å². The van der Waals surface area contributed by atoms with Gasteiger partial charge in [0.1, 0.15) is 11.6 Å². The van der Waals surface area contributed by atoms with Crippen molar-refractivity contribution in [2.45, 2.75) is 32.9 Å². The van der Waals surface area contributed by atoms with Crippen LogP contribution in [0.5, 0.6) is 5.75 Å². The van der Waals surface area contributed by atoms with E-state index < -0.39 is 11.9 Å². The molecule has 1 atom stereocenters. The smallest absolute Gasteiger partial charge is 0.271 e. The van der Waals surface area contributed by atoms with Crippen LogP contribution in [0.4, 0.5) is 10.1 Å². The molecule has 1 aliphatic heterocycles. The Morgan fingerprint density at radius 1 is 1.13 bits per heavy atom. The lowest BCUT2D eigenvalue weighted by Gasteiger charge is -2.25. The number of rotatable bonds is 6. The molecule has 0 bridgehead atoms. The van der Waals surface area contributed by atoms with Crippen LogP contribution in [0.3, 0.4) is 0 Å². The summed E-state index contributed by atoms with van der Waals surface area (Å²) in [6, 6.07) is 19.7. The molecule has 39 heavy (non-hydrogen) atoms. The zero-order valence-corrected chi connectivity index (χ0v) is 23.8. The highest BCUT2D eigenvalue weighted by Gasteiger charge is 2.32. The Hall–Kier alpha value is -3.82. The summed E-state index contributed by atoms with van der Waals surface area (Å²) in [5.41, 5.74) is 2.45. The van der Waals surface area contributed by atoms with Gasteiger partial charge in [-0.1, -0.05) is 57.6 Å². The third kappa shape index (κ3) is 5.65. The fraction of sp³-hybridized carbons (Fsp3) is 0.167. The van der Waals surface area contributed by atoms with Gasteiger partial charge in [-0.15, -0.1) is 0 Å². The number of carbonyl (C=O) groups excluding carboxylic acids is 1. The number of aromatic nitrogens is 1. The molecule has 6 nitrogen and oxygen atoms in total. The van der Waals surface area contributed by atoms with E-state index in [9.17, 15) is 14.0 Å². The van der Waals surface area contributed by atoms with Gasteiger partial charge in [-0.05, 0) is 74.9 Å². The van der Waals surface area contributed by atoms with E-state index in [0.29, 0.717) is 37.6 Å². The second kappa shape index (κ2) is 11.1. The van der Waals surface area contributed by atoms with E-state index in [1.807, 2.05) is 50.2 Å². The summed E-state index contributed by atoms with van der Waals surface area (Å²) in [5, 5.41) is 2.91. The number of carbonyl (C=O) groups is 1. The Kier molecular flexibility index (Phi) is 7.63. The van der Waals surface area contributed by atoms with Gasteiger partial charge in [-0.2, -0.15) is 0 Å². The average Bonchev–Trinajstić information content (AvgIpc) is 3.20. The SMILES string of the molecule is CC1=C(C(=O)Nc2ccccc2)[C@@H](c2ccc(F)cc2)n2c(s/c(=C/c3cc(Br)ccc3OC(C)C)c2=O)=N1. The Morgan fingerprint density at radius 3 is 2.54 bits per heavy atom. The van der Waals surface area contributed by atoms with Crippen LogP contribution >= 0.6 is 27.3 Å². The van der Waals surface area contributed by atoms with Gasteiger partial charge in [0, 0.05) is 15.7 Å². The van der Waals surface area contributed by atoms with E-state index in [1.54, 1.807) is 37.3 Å². The molecule has 0 aliphatic carbocycles. The van der Waals surface area contributed by atoms with Crippen LogP contribution in [0.25, 0.3) is 6.08 Å². The summed E-state index contributed by atoms with van der Waals surface area (Å²) in [7, 11) is 0. The van der Waals surface area contributed by atoms with E-state index in [4.69, 9.17) is 4.74 Å². The summed E-state index contributed by atoms with van der Waals surface area (Å²) >= 11 is 4.73. The topological polar surface area (TPSA) is 72.7 Å². The van der Waals surface area contributed by atoms with Crippen molar-refractivity contribution < 1.29 is 13.9 Å². The second-order valence-electron chi connectivity index (χ2n) is 9.30. The number of amides is 1. The maximum Gasteiger partial charge on any atom is 0.271 e. The molecular formula is C30H25BrFN3O3S. The molecule has 1 amide bonds. The van der Waals surface area contributed by atoms with Crippen molar-refractivity contribution in [1.29, 1.82) is 0 Å². The van der Waals surface area contributed by atoms with Crippen molar-refractivity contribution in [2.75, 3.05) is 5.32 Å². The van der Waals surface area contributed by atoms with Gasteiger partial charge < -0.3 is 10.1 Å². The van der Waals surface area contributed by atoms with Crippen LogP contribution in [0, 0.1) is 5.82 Å². The maximum atomic E-state index is 13.9.